The summed E-state index contributed by atoms with van der Waals surface area (Å²) in [5, 5.41) is 2.17. The summed E-state index contributed by atoms with van der Waals surface area (Å²) in [6, 6.07) is 0. The van der Waals surface area contributed by atoms with Gasteiger partial charge >= 0.3 is 0 Å². The summed E-state index contributed by atoms with van der Waals surface area (Å²) in [6.07, 6.45) is 3.13. The van der Waals surface area contributed by atoms with Gasteiger partial charge in [-0.25, -0.2) is 0 Å². The number of nitrogens with one attached hydrogen (secondary N) is 1. The lowest BCUT2D eigenvalue weighted by atomic mass is 10.0. The van der Waals surface area contributed by atoms with E-state index in [1.54, 1.807) is 0 Å². The minimum atomic E-state index is -3.87. The maximum atomic E-state index is 10.9. The monoisotopic (exact) mass is 191 g/mol. The van der Waals surface area contributed by atoms with Crippen molar-refractivity contribution in [3.05, 3.63) is 0 Å². The van der Waals surface area contributed by atoms with Gasteiger partial charge < -0.3 is 0 Å². The van der Waals surface area contributed by atoms with Gasteiger partial charge in [-0.05, 0) is 31.2 Å². The zero-order valence-electron chi connectivity index (χ0n) is 6.73. The van der Waals surface area contributed by atoms with Gasteiger partial charge in [-0.15, -0.1) is 0 Å². The van der Waals surface area contributed by atoms with Crippen LogP contribution in [-0.4, -0.2) is 24.9 Å². The molecule has 1 heterocycles. The number of fused-ring (bicyclic) bond motifs is 1. The van der Waals surface area contributed by atoms with Crippen LogP contribution in [0, 0.1) is 11.8 Å². The maximum Gasteiger partial charge on any atom is 0.281 e. The molecule has 2 aliphatic rings. The lowest BCUT2D eigenvalue weighted by molar-refractivity contribution is 0.415. The Morgan fingerprint density at radius 2 is 2.08 bits per heavy atom. The van der Waals surface area contributed by atoms with Crippen molar-refractivity contribution in [1.82, 2.24) is 5.32 Å². The Morgan fingerprint density at radius 1 is 1.33 bits per heavy atom. The predicted octanol–water partition coefficient (Wildman–Crippen LogP) is 0.220. The molecular weight excluding hydrogens is 178 g/mol. The predicted molar refractivity (Wildman–Crippen MR) is 44.2 cm³/mol. The zero-order valence-corrected chi connectivity index (χ0v) is 7.55. The largest absolute Gasteiger partial charge is 0.299 e. The van der Waals surface area contributed by atoms with Crippen molar-refractivity contribution in [2.24, 2.45) is 11.8 Å². The summed E-state index contributed by atoms with van der Waals surface area (Å²) in [7, 11) is -3.87. The van der Waals surface area contributed by atoms with Gasteiger partial charge in [0.05, 0.1) is 0 Å². The highest BCUT2D eigenvalue weighted by Gasteiger charge is 2.44. The van der Waals surface area contributed by atoms with Crippen LogP contribution >= 0.6 is 0 Å². The van der Waals surface area contributed by atoms with E-state index < -0.39 is 15.5 Å². The summed E-state index contributed by atoms with van der Waals surface area (Å²) >= 11 is 0. The van der Waals surface area contributed by atoms with Gasteiger partial charge in [-0.1, -0.05) is 6.42 Å². The second-order valence-corrected chi connectivity index (χ2v) is 5.24. The highest BCUT2D eigenvalue weighted by atomic mass is 32.2. The molecule has 1 aliphatic carbocycles. The highest BCUT2D eigenvalue weighted by Crippen LogP contribution is 2.38. The van der Waals surface area contributed by atoms with Crippen molar-refractivity contribution in [2.75, 3.05) is 6.54 Å². The van der Waals surface area contributed by atoms with E-state index in [2.05, 4.69) is 5.32 Å². The van der Waals surface area contributed by atoms with E-state index in [-0.39, 0.29) is 5.92 Å². The van der Waals surface area contributed by atoms with Gasteiger partial charge in [-0.3, -0.25) is 9.87 Å². The molecule has 3 unspecified atom stereocenters. The van der Waals surface area contributed by atoms with Gasteiger partial charge in [-0.2, -0.15) is 8.42 Å². The molecular formula is C7H13NO3S. The molecule has 0 bridgehead atoms. The molecule has 0 aromatic heterocycles. The van der Waals surface area contributed by atoms with Crippen LogP contribution < -0.4 is 5.32 Å². The first kappa shape index (κ1) is 8.47. The quantitative estimate of drug-likeness (QED) is 0.582. The Balaban J connectivity index is 2.20. The molecule has 2 N–H and O–H groups in total. The lowest BCUT2D eigenvalue weighted by Crippen LogP contribution is -2.35. The second kappa shape index (κ2) is 2.68. The summed E-state index contributed by atoms with van der Waals surface area (Å²) in [4.78, 5) is 0. The Labute approximate surface area is 72.1 Å². The third kappa shape index (κ3) is 1.26. The van der Waals surface area contributed by atoms with Crippen LogP contribution in [0.3, 0.4) is 0 Å². The van der Waals surface area contributed by atoms with E-state index in [0.717, 1.165) is 25.8 Å². The zero-order chi connectivity index (χ0) is 8.77. The van der Waals surface area contributed by atoms with Crippen molar-refractivity contribution >= 4 is 10.1 Å². The van der Waals surface area contributed by atoms with Crippen LogP contribution in [0.2, 0.25) is 0 Å². The molecule has 3 atom stereocenters. The Kier molecular flexibility index (Phi) is 1.89. The maximum absolute atomic E-state index is 10.9. The molecule has 0 radical (unpaired) electrons. The smallest absolute Gasteiger partial charge is 0.281 e. The minimum Gasteiger partial charge on any atom is -0.299 e. The molecule has 2 fully saturated rings. The second-order valence-electron chi connectivity index (χ2n) is 3.70. The van der Waals surface area contributed by atoms with Crippen molar-refractivity contribution in [1.29, 1.82) is 0 Å². The fourth-order valence-electron chi connectivity index (χ4n) is 2.46. The van der Waals surface area contributed by atoms with Crippen molar-refractivity contribution in [3.63, 3.8) is 0 Å². The molecule has 0 aromatic rings. The molecule has 2 rings (SSSR count). The minimum absolute atomic E-state index is 0.153. The van der Waals surface area contributed by atoms with Gasteiger partial charge in [0.15, 0.2) is 0 Å². The van der Waals surface area contributed by atoms with E-state index in [1.165, 1.54) is 0 Å². The number of hydrogen-bond donors (Lipinski definition) is 2. The van der Waals surface area contributed by atoms with Crippen LogP contribution in [-0.2, 0) is 10.1 Å². The van der Waals surface area contributed by atoms with E-state index in [0.29, 0.717) is 5.92 Å². The molecule has 1 saturated heterocycles. The fraction of sp³-hybridized carbons (Fsp3) is 1.00. The molecule has 0 spiro atoms. The van der Waals surface area contributed by atoms with E-state index in [1.807, 2.05) is 0 Å². The van der Waals surface area contributed by atoms with Crippen LogP contribution in [0.15, 0.2) is 0 Å². The van der Waals surface area contributed by atoms with Crippen LogP contribution in [0.1, 0.15) is 19.3 Å². The number of rotatable bonds is 1. The van der Waals surface area contributed by atoms with Crippen molar-refractivity contribution in [2.45, 2.75) is 24.6 Å². The molecule has 0 amide bonds. The van der Waals surface area contributed by atoms with Crippen molar-refractivity contribution < 1.29 is 13.0 Å². The third-order valence-electron chi connectivity index (χ3n) is 3.01. The van der Waals surface area contributed by atoms with E-state index >= 15 is 0 Å². The molecule has 5 heteroatoms. The normalized spacial score (nSPS) is 41.6. The first-order valence-electron chi connectivity index (χ1n) is 4.29. The Hall–Kier alpha value is -0.130. The molecule has 70 valence electrons. The SMILES string of the molecule is O=S(=O)(O)C1NCC2CCCC21. The highest BCUT2D eigenvalue weighted by molar-refractivity contribution is 7.86. The average Bonchev–Trinajstić information content (AvgIpc) is 2.37. The summed E-state index contributed by atoms with van der Waals surface area (Å²) < 4.78 is 30.6. The molecule has 12 heavy (non-hydrogen) atoms. The van der Waals surface area contributed by atoms with Gasteiger partial charge in [0.1, 0.15) is 5.37 Å². The van der Waals surface area contributed by atoms with Crippen LogP contribution in [0.5, 0.6) is 0 Å². The van der Waals surface area contributed by atoms with E-state index in [4.69, 9.17) is 4.55 Å². The third-order valence-corrected chi connectivity index (χ3v) is 4.17. The van der Waals surface area contributed by atoms with Gasteiger partial charge in [0.2, 0.25) is 0 Å². The fourth-order valence-corrected chi connectivity index (χ4v) is 3.57. The van der Waals surface area contributed by atoms with Crippen molar-refractivity contribution in [3.8, 4) is 0 Å². The Bertz CT molecular complexity index is 274. The van der Waals surface area contributed by atoms with Gasteiger partial charge in [0.25, 0.3) is 10.1 Å². The lowest BCUT2D eigenvalue weighted by Gasteiger charge is -2.13. The first-order chi connectivity index (χ1) is 5.59. The number of hydrogen-bond acceptors (Lipinski definition) is 3. The Morgan fingerprint density at radius 3 is 2.75 bits per heavy atom. The summed E-state index contributed by atoms with van der Waals surface area (Å²) in [5.41, 5.74) is 0. The van der Waals surface area contributed by atoms with Crippen LogP contribution in [0.4, 0.5) is 0 Å². The summed E-state index contributed by atoms with van der Waals surface area (Å²) in [5.74, 6) is 0.622. The molecule has 1 saturated carbocycles. The first-order valence-corrected chi connectivity index (χ1v) is 5.79. The average molecular weight is 191 g/mol. The summed E-state index contributed by atoms with van der Waals surface area (Å²) in [6.45, 7) is 0.745. The molecule has 0 aromatic carbocycles. The van der Waals surface area contributed by atoms with Gasteiger partial charge in [0, 0.05) is 0 Å². The molecule has 4 nitrogen and oxygen atoms in total. The topological polar surface area (TPSA) is 66.4 Å². The molecule has 1 aliphatic heterocycles. The standard InChI is InChI=1S/C7H13NO3S/c9-12(10,11)7-6-3-1-2-5(6)4-8-7/h5-8H,1-4H2,(H,9,10,11). The van der Waals surface area contributed by atoms with E-state index in [9.17, 15) is 8.42 Å². The van der Waals surface area contributed by atoms with Crippen LogP contribution in [0.25, 0.3) is 0 Å².